The summed E-state index contributed by atoms with van der Waals surface area (Å²) < 4.78 is 25.7. The Morgan fingerprint density at radius 3 is 2.50 bits per heavy atom. The van der Waals surface area contributed by atoms with Gasteiger partial charge >= 0.3 is 0 Å². The van der Waals surface area contributed by atoms with E-state index in [-0.39, 0.29) is 11.5 Å². The van der Waals surface area contributed by atoms with Crippen LogP contribution >= 0.6 is 0 Å². The van der Waals surface area contributed by atoms with Crippen molar-refractivity contribution in [2.75, 3.05) is 26.2 Å². The molecule has 0 aliphatic carbocycles. The Morgan fingerprint density at radius 2 is 1.88 bits per heavy atom. The molecule has 0 bridgehead atoms. The zero-order chi connectivity index (χ0) is 11.5. The van der Waals surface area contributed by atoms with Gasteiger partial charge in [0.1, 0.15) is 0 Å². The van der Waals surface area contributed by atoms with Crippen molar-refractivity contribution in [3.05, 3.63) is 35.4 Å². The van der Waals surface area contributed by atoms with E-state index in [1.165, 1.54) is 6.07 Å². The average Bonchev–Trinajstić information content (AvgIpc) is 2.33. The number of hydrogen-bond acceptors (Lipinski definition) is 1. The van der Waals surface area contributed by atoms with Crippen LogP contribution in [0.4, 0.5) is 8.78 Å². The van der Waals surface area contributed by atoms with Crippen LogP contribution in [0.3, 0.4) is 0 Å². The van der Waals surface area contributed by atoms with Crippen molar-refractivity contribution in [2.45, 2.75) is 0 Å². The molecule has 16 heavy (non-hydrogen) atoms. The Balaban J connectivity index is 2.16. The van der Waals surface area contributed by atoms with Crippen molar-refractivity contribution in [3.63, 3.8) is 0 Å². The van der Waals surface area contributed by atoms with Crippen LogP contribution in [0.2, 0.25) is 0 Å². The van der Waals surface area contributed by atoms with Gasteiger partial charge in [-0.25, -0.2) is 8.78 Å². The number of piperazine rings is 1. The van der Waals surface area contributed by atoms with Gasteiger partial charge in [-0.05, 0) is 18.2 Å². The van der Waals surface area contributed by atoms with Gasteiger partial charge in [-0.3, -0.25) is 4.79 Å². The lowest BCUT2D eigenvalue weighted by Gasteiger charge is -2.25. The summed E-state index contributed by atoms with van der Waals surface area (Å²) in [5.74, 6) is -2.13. The minimum absolute atomic E-state index is 0.209. The van der Waals surface area contributed by atoms with Crippen LogP contribution in [0.5, 0.6) is 0 Å². The summed E-state index contributed by atoms with van der Waals surface area (Å²) in [5.41, 5.74) is 0.209. The highest BCUT2D eigenvalue weighted by molar-refractivity contribution is 5.94. The molecule has 1 aromatic carbocycles. The van der Waals surface area contributed by atoms with Crippen LogP contribution in [0.25, 0.3) is 0 Å². The Bertz CT molecular complexity index is 403. The number of hydrogen-bond donors (Lipinski definition) is 1. The average molecular weight is 227 g/mol. The quantitative estimate of drug-likeness (QED) is 0.719. The van der Waals surface area contributed by atoms with Crippen LogP contribution in [0.1, 0.15) is 10.4 Å². The fourth-order valence-electron chi connectivity index (χ4n) is 1.77. The van der Waals surface area contributed by atoms with Crippen molar-refractivity contribution in [3.8, 4) is 0 Å². The van der Waals surface area contributed by atoms with Gasteiger partial charge in [-0.2, -0.15) is 0 Å². The van der Waals surface area contributed by atoms with E-state index in [2.05, 4.69) is 5.32 Å². The predicted molar refractivity (Wildman–Crippen MR) is 53.9 cm³/mol. The third-order valence-corrected chi connectivity index (χ3v) is 2.66. The molecule has 0 radical (unpaired) electrons. The van der Waals surface area contributed by atoms with E-state index in [0.29, 0.717) is 13.1 Å². The zero-order valence-electron chi connectivity index (χ0n) is 8.75. The fraction of sp³-hybridized carbons (Fsp3) is 0.364. The van der Waals surface area contributed by atoms with E-state index in [9.17, 15) is 13.6 Å². The number of rotatable bonds is 1. The standard InChI is InChI=1S/C11H12F2N2O/c12-9-2-1-8(7-10(9)13)11(16)15-5-3-14-4-6-15/h1-2,7,14H,3-6H2/p+1. The minimum atomic E-state index is -0.977. The van der Waals surface area contributed by atoms with E-state index < -0.39 is 11.6 Å². The topological polar surface area (TPSA) is 36.9 Å². The molecular formula is C11H13F2N2O+. The van der Waals surface area contributed by atoms with Crippen LogP contribution < -0.4 is 5.32 Å². The lowest BCUT2D eigenvalue weighted by Crippen LogP contribution is -2.89. The van der Waals surface area contributed by atoms with E-state index in [4.69, 9.17) is 0 Å². The highest BCUT2D eigenvalue weighted by atomic mass is 19.2. The summed E-state index contributed by atoms with van der Waals surface area (Å²) in [7, 11) is 0. The fourth-order valence-corrected chi connectivity index (χ4v) is 1.77. The number of quaternary nitrogens is 1. The van der Waals surface area contributed by atoms with Crippen molar-refractivity contribution in [1.29, 1.82) is 0 Å². The first-order chi connectivity index (χ1) is 7.68. The molecule has 0 spiro atoms. The van der Waals surface area contributed by atoms with Crippen LogP contribution in [-0.4, -0.2) is 37.0 Å². The maximum Gasteiger partial charge on any atom is 0.254 e. The number of nitrogens with zero attached hydrogens (tertiary/aromatic N) is 1. The van der Waals surface area contributed by atoms with Crippen molar-refractivity contribution >= 4 is 5.91 Å². The molecule has 86 valence electrons. The number of carbonyl (C=O) groups excluding carboxylic acids is 1. The summed E-state index contributed by atoms with van der Waals surface area (Å²) >= 11 is 0. The molecule has 0 saturated carbocycles. The second kappa shape index (κ2) is 4.57. The molecule has 1 aliphatic rings. The van der Waals surface area contributed by atoms with Crippen LogP contribution in [-0.2, 0) is 0 Å². The summed E-state index contributed by atoms with van der Waals surface area (Å²) in [6.07, 6.45) is 0. The van der Waals surface area contributed by atoms with Gasteiger partial charge in [-0.15, -0.1) is 0 Å². The minimum Gasteiger partial charge on any atom is -0.343 e. The van der Waals surface area contributed by atoms with Gasteiger partial charge in [0.25, 0.3) is 5.91 Å². The Hall–Kier alpha value is -1.49. The largest absolute Gasteiger partial charge is 0.343 e. The normalized spacial score (nSPS) is 16.2. The SMILES string of the molecule is O=C(c1ccc(F)c(F)c1)N1CC[NH2+]CC1. The van der Waals surface area contributed by atoms with Crippen LogP contribution in [0, 0.1) is 11.6 Å². The third-order valence-electron chi connectivity index (χ3n) is 2.66. The third kappa shape index (κ3) is 2.19. The van der Waals surface area contributed by atoms with E-state index in [1.807, 2.05) is 0 Å². The zero-order valence-corrected chi connectivity index (χ0v) is 8.75. The summed E-state index contributed by atoms with van der Waals surface area (Å²) in [6.45, 7) is 3.01. The molecule has 0 atom stereocenters. The smallest absolute Gasteiger partial charge is 0.254 e. The van der Waals surface area contributed by atoms with Gasteiger partial charge in [0.2, 0.25) is 0 Å². The molecule has 1 aromatic rings. The Labute approximate surface area is 92.1 Å². The molecule has 5 heteroatoms. The van der Waals surface area contributed by atoms with E-state index in [1.54, 1.807) is 4.90 Å². The summed E-state index contributed by atoms with van der Waals surface area (Å²) in [5, 5.41) is 2.12. The predicted octanol–water partition coefficient (Wildman–Crippen LogP) is -0.0160. The maximum atomic E-state index is 13.0. The highest BCUT2D eigenvalue weighted by Crippen LogP contribution is 2.11. The first-order valence-corrected chi connectivity index (χ1v) is 5.24. The highest BCUT2D eigenvalue weighted by Gasteiger charge is 2.20. The van der Waals surface area contributed by atoms with E-state index >= 15 is 0 Å². The number of carbonyl (C=O) groups is 1. The molecule has 1 aliphatic heterocycles. The molecule has 3 nitrogen and oxygen atoms in total. The molecule has 2 rings (SSSR count). The molecule has 1 amide bonds. The Morgan fingerprint density at radius 1 is 1.19 bits per heavy atom. The van der Waals surface area contributed by atoms with Crippen molar-refractivity contribution in [2.24, 2.45) is 0 Å². The molecule has 1 saturated heterocycles. The first kappa shape index (κ1) is 11.0. The Kier molecular flexibility index (Phi) is 3.14. The summed E-state index contributed by atoms with van der Waals surface area (Å²) in [4.78, 5) is 13.5. The maximum absolute atomic E-state index is 13.0. The second-order valence-electron chi connectivity index (χ2n) is 3.79. The summed E-state index contributed by atoms with van der Waals surface area (Å²) in [6, 6.07) is 3.26. The van der Waals surface area contributed by atoms with Crippen molar-refractivity contribution < 1.29 is 18.9 Å². The molecule has 2 N–H and O–H groups in total. The first-order valence-electron chi connectivity index (χ1n) is 5.24. The lowest BCUT2D eigenvalue weighted by atomic mass is 10.1. The second-order valence-corrected chi connectivity index (χ2v) is 3.79. The van der Waals surface area contributed by atoms with E-state index in [0.717, 1.165) is 25.2 Å². The molecule has 0 aromatic heterocycles. The number of benzene rings is 1. The molecule has 1 heterocycles. The van der Waals surface area contributed by atoms with Gasteiger partial charge in [0, 0.05) is 5.56 Å². The molecule has 0 unspecified atom stereocenters. The molecule has 1 fully saturated rings. The van der Waals surface area contributed by atoms with Gasteiger partial charge in [0.15, 0.2) is 11.6 Å². The lowest BCUT2D eigenvalue weighted by molar-refractivity contribution is -0.661. The number of amides is 1. The van der Waals surface area contributed by atoms with Crippen molar-refractivity contribution in [1.82, 2.24) is 4.90 Å². The monoisotopic (exact) mass is 227 g/mol. The van der Waals surface area contributed by atoms with Gasteiger partial charge < -0.3 is 10.2 Å². The number of halogens is 2. The molecular weight excluding hydrogens is 214 g/mol. The van der Waals surface area contributed by atoms with Gasteiger partial charge in [0.05, 0.1) is 26.2 Å². The van der Waals surface area contributed by atoms with Gasteiger partial charge in [-0.1, -0.05) is 0 Å². The van der Waals surface area contributed by atoms with Crippen LogP contribution in [0.15, 0.2) is 18.2 Å². The number of nitrogens with two attached hydrogens (primary N) is 1.